The maximum absolute atomic E-state index is 4.55. The van der Waals surface area contributed by atoms with Gasteiger partial charge in [0, 0.05) is 29.5 Å². The van der Waals surface area contributed by atoms with E-state index in [0.717, 1.165) is 31.9 Å². The van der Waals surface area contributed by atoms with Gasteiger partial charge in [0.05, 0.1) is 12.6 Å². The smallest absolute Gasteiger partial charge is 0.191 e. The van der Waals surface area contributed by atoms with Gasteiger partial charge < -0.3 is 10.6 Å². The van der Waals surface area contributed by atoms with E-state index in [2.05, 4.69) is 48.7 Å². The largest absolute Gasteiger partial charge is 0.355 e. The predicted octanol–water partition coefficient (Wildman–Crippen LogP) is 1.09. The van der Waals surface area contributed by atoms with Crippen LogP contribution in [0, 0.1) is 5.92 Å². The number of allylic oxidation sites excluding steroid dienone is 1. The highest BCUT2D eigenvalue weighted by Gasteiger charge is 2.37. The monoisotopic (exact) mass is 296 g/mol. The van der Waals surface area contributed by atoms with Crippen LogP contribution in [0.5, 0.6) is 0 Å². The van der Waals surface area contributed by atoms with Crippen LogP contribution in [0.2, 0.25) is 0 Å². The Hall–Kier alpha value is -0.840. The summed E-state index contributed by atoms with van der Waals surface area (Å²) in [5, 5.41) is 6.77. The van der Waals surface area contributed by atoms with Gasteiger partial charge in [0.25, 0.3) is 0 Å². The SMILES string of the molecule is BrC1C(NC2=NCCN2)CCC2N=CC=CC21. The minimum Gasteiger partial charge on any atom is -0.355 e. The first kappa shape index (κ1) is 11.3. The van der Waals surface area contributed by atoms with E-state index in [4.69, 9.17) is 0 Å². The lowest BCUT2D eigenvalue weighted by atomic mass is 9.80. The third kappa shape index (κ3) is 2.25. The van der Waals surface area contributed by atoms with Gasteiger partial charge in [-0.2, -0.15) is 0 Å². The van der Waals surface area contributed by atoms with E-state index < -0.39 is 0 Å². The van der Waals surface area contributed by atoms with E-state index in [9.17, 15) is 0 Å². The van der Waals surface area contributed by atoms with Crippen molar-refractivity contribution in [3.63, 3.8) is 0 Å². The molecule has 4 unspecified atom stereocenters. The molecule has 2 aliphatic heterocycles. The maximum Gasteiger partial charge on any atom is 0.191 e. The van der Waals surface area contributed by atoms with Crippen molar-refractivity contribution < 1.29 is 0 Å². The van der Waals surface area contributed by atoms with Gasteiger partial charge in [-0.25, -0.2) is 0 Å². The summed E-state index contributed by atoms with van der Waals surface area (Å²) in [6.07, 6.45) is 8.55. The van der Waals surface area contributed by atoms with Gasteiger partial charge in [0.15, 0.2) is 5.96 Å². The van der Waals surface area contributed by atoms with E-state index in [1.807, 2.05) is 6.21 Å². The lowest BCUT2D eigenvalue weighted by molar-refractivity contribution is 0.324. The van der Waals surface area contributed by atoms with Gasteiger partial charge in [-0.1, -0.05) is 22.0 Å². The second-order valence-electron chi connectivity index (χ2n) is 4.76. The summed E-state index contributed by atoms with van der Waals surface area (Å²) in [5.41, 5.74) is 0. The average molecular weight is 297 g/mol. The van der Waals surface area contributed by atoms with Crippen LogP contribution in [0.3, 0.4) is 0 Å². The van der Waals surface area contributed by atoms with Crippen LogP contribution in [0.4, 0.5) is 0 Å². The molecule has 2 heterocycles. The molecule has 1 fully saturated rings. The van der Waals surface area contributed by atoms with Crippen molar-refractivity contribution in [3.05, 3.63) is 12.2 Å². The Balaban J connectivity index is 1.67. The molecule has 0 bridgehead atoms. The van der Waals surface area contributed by atoms with E-state index in [1.54, 1.807) is 0 Å². The summed E-state index contributed by atoms with van der Waals surface area (Å²) in [5.74, 6) is 1.47. The highest BCUT2D eigenvalue weighted by Crippen LogP contribution is 2.34. The summed E-state index contributed by atoms with van der Waals surface area (Å²) in [7, 11) is 0. The molecular weight excluding hydrogens is 280 g/mol. The minimum atomic E-state index is 0.431. The molecule has 3 rings (SSSR count). The summed E-state index contributed by atoms with van der Waals surface area (Å²) in [6.45, 7) is 1.84. The lowest BCUT2D eigenvalue weighted by Crippen LogP contribution is -2.52. The summed E-state index contributed by atoms with van der Waals surface area (Å²) >= 11 is 3.83. The molecule has 0 radical (unpaired) electrons. The first-order valence-electron chi connectivity index (χ1n) is 6.23. The second-order valence-corrected chi connectivity index (χ2v) is 5.81. The number of nitrogens with zero attached hydrogens (tertiary/aromatic N) is 2. The lowest BCUT2D eigenvalue weighted by Gasteiger charge is -2.38. The zero-order valence-corrected chi connectivity index (χ0v) is 11.2. The highest BCUT2D eigenvalue weighted by atomic mass is 79.9. The molecule has 3 aliphatic rings. The van der Waals surface area contributed by atoms with Crippen LogP contribution in [0.25, 0.3) is 0 Å². The Morgan fingerprint density at radius 2 is 2.35 bits per heavy atom. The molecule has 1 aliphatic carbocycles. The molecule has 1 saturated carbocycles. The van der Waals surface area contributed by atoms with Crippen molar-refractivity contribution in [1.82, 2.24) is 10.6 Å². The molecule has 17 heavy (non-hydrogen) atoms. The number of hydrogen-bond acceptors (Lipinski definition) is 4. The fraction of sp³-hybridized carbons (Fsp3) is 0.667. The second kappa shape index (κ2) is 4.80. The first-order chi connectivity index (χ1) is 8.34. The Labute approximate surface area is 110 Å². The van der Waals surface area contributed by atoms with Crippen molar-refractivity contribution in [2.24, 2.45) is 15.9 Å². The Morgan fingerprint density at radius 3 is 3.18 bits per heavy atom. The number of alkyl halides is 1. The Bertz CT molecular complexity index is 377. The molecule has 2 N–H and O–H groups in total. The Kier molecular flexibility index (Phi) is 3.18. The van der Waals surface area contributed by atoms with Gasteiger partial charge in [-0.15, -0.1) is 0 Å². The van der Waals surface area contributed by atoms with E-state index in [0.29, 0.717) is 22.8 Å². The molecular formula is C12H17BrN4. The standard InChI is InChI=1S/C12H17BrN4/c13-11-8-2-1-5-14-9(8)3-4-10(11)17-12-15-6-7-16-12/h1-2,5,8-11H,3-4,6-7H2,(H2,15,16,17). The van der Waals surface area contributed by atoms with Crippen molar-refractivity contribution >= 4 is 28.1 Å². The normalized spacial score (nSPS) is 39.5. The quantitative estimate of drug-likeness (QED) is 0.712. The third-order valence-corrected chi connectivity index (χ3v) is 4.91. The van der Waals surface area contributed by atoms with Crippen LogP contribution in [-0.4, -0.2) is 42.2 Å². The molecule has 0 aromatic carbocycles. The zero-order valence-electron chi connectivity index (χ0n) is 9.64. The van der Waals surface area contributed by atoms with Gasteiger partial charge in [-0.05, 0) is 18.9 Å². The van der Waals surface area contributed by atoms with E-state index in [1.165, 1.54) is 0 Å². The summed E-state index contributed by atoms with van der Waals surface area (Å²) in [4.78, 5) is 9.38. The average Bonchev–Trinajstić information content (AvgIpc) is 2.86. The molecule has 0 spiro atoms. The van der Waals surface area contributed by atoms with E-state index in [-0.39, 0.29) is 0 Å². The maximum atomic E-state index is 4.55. The predicted molar refractivity (Wildman–Crippen MR) is 74.1 cm³/mol. The van der Waals surface area contributed by atoms with Crippen LogP contribution in [-0.2, 0) is 0 Å². The minimum absolute atomic E-state index is 0.431. The number of nitrogens with one attached hydrogen (secondary N) is 2. The number of fused-ring (bicyclic) bond motifs is 1. The van der Waals surface area contributed by atoms with Crippen LogP contribution < -0.4 is 10.6 Å². The molecule has 4 nitrogen and oxygen atoms in total. The van der Waals surface area contributed by atoms with Gasteiger partial charge >= 0.3 is 0 Å². The van der Waals surface area contributed by atoms with E-state index >= 15 is 0 Å². The number of hydrogen-bond donors (Lipinski definition) is 2. The van der Waals surface area contributed by atoms with Gasteiger partial charge in [-0.3, -0.25) is 9.98 Å². The summed E-state index contributed by atoms with van der Waals surface area (Å²) < 4.78 is 0. The number of aliphatic imine (C=N–C) groups is 2. The fourth-order valence-electron chi connectivity index (χ4n) is 2.75. The third-order valence-electron chi connectivity index (χ3n) is 3.66. The highest BCUT2D eigenvalue weighted by molar-refractivity contribution is 9.09. The van der Waals surface area contributed by atoms with Gasteiger partial charge in [0.1, 0.15) is 0 Å². The number of rotatable bonds is 1. The van der Waals surface area contributed by atoms with Crippen molar-refractivity contribution in [3.8, 4) is 0 Å². The number of guanidine groups is 1. The zero-order chi connectivity index (χ0) is 11.7. The Morgan fingerprint density at radius 1 is 1.41 bits per heavy atom. The first-order valence-corrected chi connectivity index (χ1v) is 7.15. The molecule has 5 heteroatoms. The number of halogens is 1. The molecule has 0 aromatic rings. The van der Waals surface area contributed by atoms with Crippen LogP contribution in [0.15, 0.2) is 22.1 Å². The van der Waals surface area contributed by atoms with Gasteiger partial charge in [0.2, 0.25) is 0 Å². The molecule has 4 atom stereocenters. The van der Waals surface area contributed by atoms with Crippen molar-refractivity contribution in [2.75, 3.05) is 13.1 Å². The summed E-state index contributed by atoms with van der Waals surface area (Å²) in [6, 6.07) is 0.902. The molecule has 92 valence electrons. The molecule has 0 aromatic heterocycles. The van der Waals surface area contributed by atoms with Crippen LogP contribution in [0.1, 0.15) is 12.8 Å². The molecule has 0 saturated heterocycles. The van der Waals surface area contributed by atoms with Crippen molar-refractivity contribution in [1.29, 1.82) is 0 Å². The molecule has 0 amide bonds. The fourth-order valence-corrected chi connectivity index (χ4v) is 3.68. The number of dihydropyridines is 1. The topological polar surface area (TPSA) is 48.8 Å². The van der Waals surface area contributed by atoms with Crippen LogP contribution >= 0.6 is 15.9 Å². The van der Waals surface area contributed by atoms with Crippen molar-refractivity contribution in [2.45, 2.75) is 29.8 Å².